The first-order valence-corrected chi connectivity index (χ1v) is 8.28. The summed E-state index contributed by atoms with van der Waals surface area (Å²) in [6.45, 7) is 3.69. The average molecular weight is 352 g/mol. The van der Waals surface area contributed by atoms with E-state index in [0.717, 1.165) is 22.3 Å². The van der Waals surface area contributed by atoms with Crippen LogP contribution >= 0.6 is 0 Å². The lowest BCUT2D eigenvalue weighted by Gasteiger charge is -2.09. The van der Waals surface area contributed by atoms with Gasteiger partial charge in [0.2, 0.25) is 0 Å². The van der Waals surface area contributed by atoms with Crippen molar-refractivity contribution in [3.8, 4) is 0 Å². The van der Waals surface area contributed by atoms with Crippen LogP contribution in [0.2, 0.25) is 0 Å². The molecule has 0 saturated heterocycles. The van der Waals surface area contributed by atoms with Crippen molar-refractivity contribution < 1.29 is 14.7 Å². The van der Waals surface area contributed by atoms with Crippen LogP contribution in [-0.4, -0.2) is 31.7 Å². The van der Waals surface area contributed by atoms with Gasteiger partial charge in [-0.25, -0.2) is 4.98 Å². The number of anilines is 1. The van der Waals surface area contributed by atoms with Crippen molar-refractivity contribution in [2.75, 3.05) is 5.32 Å². The number of carboxylic acids is 1. The van der Waals surface area contributed by atoms with E-state index in [4.69, 9.17) is 5.11 Å². The van der Waals surface area contributed by atoms with E-state index in [1.54, 1.807) is 36.0 Å². The number of benzene rings is 1. The number of amides is 1. The summed E-state index contributed by atoms with van der Waals surface area (Å²) in [6.07, 6.45) is 0.468. The maximum atomic E-state index is 12.8. The van der Waals surface area contributed by atoms with E-state index in [0.29, 0.717) is 23.3 Å². The number of carbonyl (C=O) groups is 2. The first-order valence-electron chi connectivity index (χ1n) is 8.28. The van der Waals surface area contributed by atoms with Crippen LogP contribution < -0.4 is 5.32 Å². The number of aryl methyl sites for hydroxylation is 4. The molecular weight excluding hydrogens is 332 g/mol. The monoisotopic (exact) mass is 352 g/mol. The number of pyridine rings is 1. The zero-order valence-electron chi connectivity index (χ0n) is 14.9. The lowest BCUT2D eigenvalue weighted by Crippen LogP contribution is -2.13. The van der Waals surface area contributed by atoms with Gasteiger partial charge in [0.15, 0.2) is 5.65 Å². The zero-order chi connectivity index (χ0) is 18.8. The Bertz CT molecular complexity index is 1010. The predicted octanol–water partition coefficient (Wildman–Crippen LogP) is 2.85. The van der Waals surface area contributed by atoms with Crippen LogP contribution in [-0.2, 0) is 18.3 Å². The van der Waals surface area contributed by atoms with E-state index >= 15 is 0 Å². The first-order chi connectivity index (χ1) is 12.3. The molecule has 0 spiro atoms. The molecule has 0 unspecified atom stereocenters. The molecule has 0 atom stereocenters. The molecule has 0 bridgehead atoms. The minimum absolute atomic E-state index is 0.0520. The Hall–Kier alpha value is -3.22. The predicted molar refractivity (Wildman–Crippen MR) is 98.3 cm³/mol. The Morgan fingerprint density at radius 3 is 2.73 bits per heavy atom. The minimum atomic E-state index is -0.846. The van der Waals surface area contributed by atoms with Crippen LogP contribution in [0, 0.1) is 13.8 Å². The van der Waals surface area contributed by atoms with Crippen LogP contribution in [0.5, 0.6) is 0 Å². The second-order valence-electron chi connectivity index (χ2n) is 6.27. The Kier molecular flexibility index (Phi) is 4.71. The maximum absolute atomic E-state index is 12.8. The number of hydrogen-bond donors (Lipinski definition) is 2. The fourth-order valence-electron chi connectivity index (χ4n) is 3.00. The Morgan fingerprint density at radius 2 is 2.00 bits per heavy atom. The highest BCUT2D eigenvalue weighted by Gasteiger charge is 2.18. The van der Waals surface area contributed by atoms with E-state index < -0.39 is 5.97 Å². The number of aliphatic carboxylic acids is 1. The molecule has 0 aliphatic carbocycles. The summed E-state index contributed by atoms with van der Waals surface area (Å²) >= 11 is 0. The summed E-state index contributed by atoms with van der Waals surface area (Å²) in [5.41, 5.74) is 4.16. The number of rotatable bonds is 5. The van der Waals surface area contributed by atoms with Gasteiger partial charge in [-0.2, -0.15) is 5.10 Å². The smallest absolute Gasteiger partial charge is 0.303 e. The fraction of sp³-hybridized carbons (Fsp3) is 0.263. The van der Waals surface area contributed by atoms with Crippen molar-refractivity contribution in [1.82, 2.24) is 14.8 Å². The van der Waals surface area contributed by atoms with Crippen molar-refractivity contribution in [3.05, 3.63) is 52.8 Å². The summed E-state index contributed by atoms with van der Waals surface area (Å²) in [5.74, 6) is -1.09. The minimum Gasteiger partial charge on any atom is -0.481 e. The third kappa shape index (κ3) is 3.56. The van der Waals surface area contributed by atoms with Crippen LogP contribution in [0.1, 0.15) is 33.7 Å². The van der Waals surface area contributed by atoms with E-state index in [1.165, 1.54) is 0 Å². The van der Waals surface area contributed by atoms with Crippen LogP contribution in [0.4, 0.5) is 5.69 Å². The third-order valence-corrected chi connectivity index (χ3v) is 4.15. The molecule has 134 valence electrons. The topological polar surface area (TPSA) is 97.1 Å². The van der Waals surface area contributed by atoms with E-state index in [2.05, 4.69) is 15.4 Å². The quantitative estimate of drug-likeness (QED) is 0.736. The molecule has 26 heavy (non-hydrogen) atoms. The molecule has 2 aromatic heterocycles. The molecule has 3 aromatic rings. The van der Waals surface area contributed by atoms with Gasteiger partial charge in [-0.3, -0.25) is 14.3 Å². The highest BCUT2D eigenvalue weighted by Crippen LogP contribution is 2.23. The van der Waals surface area contributed by atoms with Crippen molar-refractivity contribution >= 4 is 28.6 Å². The average Bonchev–Trinajstić information content (AvgIpc) is 2.86. The SMILES string of the molecule is Cc1cc(C(=O)Nc2cccc(CCC(=O)O)c2)c2c(C)nn(C)c2n1. The van der Waals surface area contributed by atoms with Gasteiger partial charge in [0, 0.05) is 24.8 Å². The number of nitrogens with zero attached hydrogens (tertiary/aromatic N) is 3. The van der Waals surface area contributed by atoms with Gasteiger partial charge in [-0.1, -0.05) is 12.1 Å². The van der Waals surface area contributed by atoms with Crippen molar-refractivity contribution in [1.29, 1.82) is 0 Å². The molecule has 1 amide bonds. The number of carbonyl (C=O) groups excluding carboxylic acids is 1. The number of hydrogen-bond acceptors (Lipinski definition) is 4. The van der Waals surface area contributed by atoms with Crippen molar-refractivity contribution in [2.24, 2.45) is 7.05 Å². The molecule has 1 aromatic carbocycles. The van der Waals surface area contributed by atoms with Crippen molar-refractivity contribution in [2.45, 2.75) is 26.7 Å². The molecule has 7 nitrogen and oxygen atoms in total. The number of fused-ring (bicyclic) bond motifs is 1. The van der Waals surface area contributed by atoms with E-state index in [-0.39, 0.29) is 12.3 Å². The van der Waals surface area contributed by atoms with Gasteiger partial charge in [0.1, 0.15) is 0 Å². The molecule has 7 heteroatoms. The van der Waals surface area contributed by atoms with Gasteiger partial charge in [-0.05, 0) is 44.0 Å². The molecule has 2 heterocycles. The lowest BCUT2D eigenvalue weighted by atomic mass is 10.1. The Labute approximate surface area is 150 Å². The van der Waals surface area contributed by atoms with Gasteiger partial charge in [0.25, 0.3) is 5.91 Å². The summed E-state index contributed by atoms with van der Waals surface area (Å²) < 4.78 is 1.67. The van der Waals surface area contributed by atoms with Crippen LogP contribution in [0.3, 0.4) is 0 Å². The largest absolute Gasteiger partial charge is 0.481 e. The molecular formula is C19H20N4O3. The fourth-order valence-corrected chi connectivity index (χ4v) is 3.00. The summed E-state index contributed by atoms with van der Waals surface area (Å²) in [5, 5.41) is 16.8. The Balaban J connectivity index is 1.90. The number of nitrogens with one attached hydrogen (secondary N) is 1. The van der Waals surface area contributed by atoms with Gasteiger partial charge in [-0.15, -0.1) is 0 Å². The summed E-state index contributed by atoms with van der Waals surface area (Å²) in [7, 11) is 1.80. The molecule has 2 N–H and O–H groups in total. The van der Waals surface area contributed by atoms with E-state index in [1.807, 2.05) is 19.9 Å². The van der Waals surface area contributed by atoms with Crippen LogP contribution in [0.25, 0.3) is 11.0 Å². The highest BCUT2D eigenvalue weighted by atomic mass is 16.4. The third-order valence-electron chi connectivity index (χ3n) is 4.15. The Morgan fingerprint density at radius 1 is 1.23 bits per heavy atom. The van der Waals surface area contributed by atoms with Gasteiger partial charge >= 0.3 is 5.97 Å². The first kappa shape index (κ1) is 17.6. The molecule has 0 aliphatic heterocycles. The number of carboxylic acid groups (broad SMARTS) is 1. The normalized spacial score (nSPS) is 10.9. The second kappa shape index (κ2) is 6.95. The molecule has 0 saturated carbocycles. The molecule has 3 rings (SSSR count). The maximum Gasteiger partial charge on any atom is 0.303 e. The van der Waals surface area contributed by atoms with Gasteiger partial charge < -0.3 is 10.4 Å². The van der Waals surface area contributed by atoms with Gasteiger partial charge in [0.05, 0.1) is 16.6 Å². The lowest BCUT2D eigenvalue weighted by molar-refractivity contribution is -0.136. The zero-order valence-corrected chi connectivity index (χ0v) is 14.9. The molecule has 0 fully saturated rings. The standard InChI is InChI=1S/C19H20N4O3/c1-11-9-15(17-12(2)22-23(3)18(17)20-11)19(26)21-14-6-4-5-13(10-14)7-8-16(24)25/h4-6,9-10H,7-8H2,1-3H3,(H,21,26)(H,24,25). The summed E-state index contributed by atoms with van der Waals surface area (Å²) in [4.78, 5) is 28.0. The van der Waals surface area contributed by atoms with Crippen LogP contribution in [0.15, 0.2) is 30.3 Å². The second-order valence-corrected chi connectivity index (χ2v) is 6.27. The number of aromatic nitrogens is 3. The van der Waals surface area contributed by atoms with Crippen molar-refractivity contribution in [3.63, 3.8) is 0 Å². The molecule has 0 aliphatic rings. The molecule has 0 radical (unpaired) electrons. The van der Waals surface area contributed by atoms with E-state index in [9.17, 15) is 9.59 Å². The highest BCUT2D eigenvalue weighted by molar-refractivity contribution is 6.12. The summed E-state index contributed by atoms with van der Waals surface area (Å²) in [6, 6.07) is 8.97.